The number of hydrogen-bond donors (Lipinski definition) is 3. The number of anilines is 1. The lowest BCUT2D eigenvalue weighted by atomic mass is 10.2. The second-order valence-electron chi connectivity index (χ2n) is 7.88. The number of aryl methyl sites for hydroxylation is 1. The number of carbonyl (C=O) groups is 1. The summed E-state index contributed by atoms with van der Waals surface area (Å²) in [7, 11) is 0. The van der Waals surface area contributed by atoms with Gasteiger partial charge in [-0.1, -0.05) is 11.6 Å². The van der Waals surface area contributed by atoms with Crippen LogP contribution < -0.4 is 15.4 Å². The van der Waals surface area contributed by atoms with Crippen LogP contribution in [0.25, 0.3) is 22.4 Å². The Morgan fingerprint density at radius 2 is 1.79 bits per heavy atom. The van der Waals surface area contributed by atoms with Crippen LogP contribution in [0.5, 0.6) is 5.75 Å². The molecule has 6 nitrogen and oxygen atoms in total. The lowest BCUT2D eigenvalue weighted by Gasteiger charge is -2.11. The van der Waals surface area contributed by atoms with Crippen LogP contribution in [0.4, 0.5) is 5.69 Å². The van der Waals surface area contributed by atoms with Crippen molar-refractivity contribution in [1.29, 1.82) is 0 Å². The standard InChI is InChI=1S/C25H23ClN4O2S/c1-14(2)32-19-10-6-17(7-11-19)24(31)30-25(33)27-18-8-4-16(5-9-18)23-28-21-12-15(3)20(26)13-22(21)29-23/h4-14H,1-3H3,(H,28,29)(H2,27,30,31,33). The Balaban J connectivity index is 1.38. The highest BCUT2D eigenvalue weighted by Gasteiger charge is 2.10. The molecule has 8 heteroatoms. The van der Waals surface area contributed by atoms with E-state index in [1.807, 2.05) is 57.2 Å². The number of hydrogen-bond acceptors (Lipinski definition) is 4. The summed E-state index contributed by atoms with van der Waals surface area (Å²) in [5.74, 6) is 1.17. The first-order valence-corrected chi connectivity index (χ1v) is 11.2. The summed E-state index contributed by atoms with van der Waals surface area (Å²) in [6, 6.07) is 18.4. The zero-order valence-corrected chi connectivity index (χ0v) is 20.0. The number of imidazole rings is 1. The van der Waals surface area contributed by atoms with Gasteiger partial charge in [0.1, 0.15) is 11.6 Å². The highest BCUT2D eigenvalue weighted by Crippen LogP contribution is 2.26. The van der Waals surface area contributed by atoms with Gasteiger partial charge in [-0.05, 0) is 99.2 Å². The van der Waals surface area contributed by atoms with Crippen LogP contribution in [-0.4, -0.2) is 27.1 Å². The third-order valence-corrected chi connectivity index (χ3v) is 5.51. The molecule has 33 heavy (non-hydrogen) atoms. The number of carbonyl (C=O) groups excluding carboxylic acids is 1. The fourth-order valence-electron chi connectivity index (χ4n) is 3.28. The Morgan fingerprint density at radius 1 is 1.09 bits per heavy atom. The third-order valence-electron chi connectivity index (χ3n) is 4.89. The van der Waals surface area contributed by atoms with Gasteiger partial charge < -0.3 is 15.0 Å². The monoisotopic (exact) mass is 478 g/mol. The van der Waals surface area contributed by atoms with E-state index in [4.69, 9.17) is 28.6 Å². The third kappa shape index (κ3) is 5.50. The number of benzene rings is 3. The minimum absolute atomic E-state index is 0.0716. The van der Waals surface area contributed by atoms with Crippen LogP contribution in [0.15, 0.2) is 60.7 Å². The molecule has 0 spiro atoms. The van der Waals surface area contributed by atoms with Crippen LogP contribution >= 0.6 is 23.8 Å². The van der Waals surface area contributed by atoms with Crippen molar-refractivity contribution >= 4 is 51.6 Å². The number of thiocarbonyl (C=S) groups is 1. The van der Waals surface area contributed by atoms with Crippen molar-refractivity contribution in [2.75, 3.05) is 5.32 Å². The van der Waals surface area contributed by atoms with E-state index in [-0.39, 0.29) is 17.1 Å². The maximum atomic E-state index is 12.4. The molecule has 0 aliphatic carbocycles. The number of ether oxygens (including phenoxy) is 1. The van der Waals surface area contributed by atoms with Crippen molar-refractivity contribution in [3.05, 3.63) is 76.8 Å². The van der Waals surface area contributed by atoms with Crippen molar-refractivity contribution in [2.45, 2.75) is 26.9 Å². The lowest BCUT2D eigenvalue weighted by Crippen LogP contribution is -2.34. The summed E-state index contributed by atoms with van der Waals surface area (Å²) >= 11 is 11.5. The predicted molar refractivity (Wildman–Crippen MR) is 137 cm³/mol. The van der Waals surface area contributed by atoms with Crippen molar-refractivity contribution in [1.82, 2.24) is 15.3 Å². The number of halogens is 1. The van der Waals surface area contributed by atoms with E-state index in [2.05, 4.69) is 20.6 Å². The Kier molecular flexibility index (Phi) is 6.62. The van der Waals surface area contributed by atoms with Gasteiger partial charge in [0.25, 0.3) is 5.91 Å². The normalized spacial score (nSPS) is 10.9. The van der Waals surface area contributed by atoms with Gasteiger partial charge >= 0.3 is 0 Å². The van der Waals surface area contributed by atoms with Crippen LogP contribution in [-0.2, 0) is 0 Å². The molecule has 0 fully saturated rings. The van der Waals surface area contributed by atoms with Gasteiger partial charge in [-0.15, -0.1) is 0 Å². The van der Waals surface area contributed by atoms with Crippen molar-refractivity contribution in [3.8, 4) is 17.1 Å². The Labute approximate surface area is 202 Å². The van der Waals surface area contributed by atoms with Crippen molar-refractivity contribution < 1.29 is 9.53 Å². The molecule has 1 amide bonds. The number of H-pyrrole nitrogens is 1. The van der Waals surface area contributed by atoms with Gasteiger partial charge in [0.05, 0.1) is 17.1 Å². The van der Waals surface area contributed by atoms with Gasteiger partial charge in [0, 0.05) is 21.8 Å². The Bertz CT molecular complexity index is 1280. The molecule has 0 radical (unpaired) electrons. The average Bonchev–Trinajstić information content (AvgIpc) is 3.17. The molecule has 0 aliphatic heterocycles. The van der Waals surface area contributed by atoms with E-state index < -0.39 is 0 Å². The first-order chi connectivity index (χ1) is 15.8. The molecule has 168 valence electrons. The molecule has 1 heterocycles. The maximum absolute atomic E-state index is 12.4. The molecule has 0 saturated heterocycles. The second-order valence-corrected chi connectivity index (χ2v) is 8.70. The molecule has 0 unspecified atom stereocenters. The molecule has 4 rings (SSSR count). The molecule has 0 aliphatic rings. The molecular weight excluding hydrogens is 456 g/mol. The number of nitrogens with one attached hydrogen (secondary N) is 3. The average molecular weight is 479 g/mol. The first kappa shape index (κ1) is 22.8. The number of aromatic amines is 1. The molecule has 3 aromatic carbocycles. The van der Waals surface area contributed by atoms with Crippen LogP contribution in [0.1, 0.15) is 29.8 Å². The summed E-state index contributed by atoms with van der Waals surface area (Å²) in [4.78, 5) is 20.4. The van der Waals surface area contributed by atoms with Crippen molar-refractivity contribution in [3.63, 3.8) is 0 Å². The Hall–Kier alpha value is -3.42. The lowest BCUT2D eigenvalue weighted by molar-refractivity contribution is 0.0977. The fraction of sp³-hybridized carbons (Fsp3) is 0.160. The van der Waals surface area contributed by atoms with Gasteiger partial charge in [0.2, 0.25) is 0 Å². The van der Waals surface area contributed by atoms with E-state index in [9.17, 15) is 4.79 Å². The minimum Gasteiger partial charge on any atom is -0.491 e. The summed E-state index contributed by atoms with van der Waals surface area (Å²) in [5.41, 5.74) is 4.90. The number of amides is 1. The van der Waals surface area contributed by atoms with Gasteiger partial charge in [-0.2, -0.15) is 0 Å². The summed E-state index contributed by atoms with van der Waals surface area (Å²) in [6.45, 7) is 5.86. The quantitative estimate of drug-likeness (QED) is 0.302. The van der Waals surface area contributed by atoms with Gasteiger partial charge in [0.15, 0.2) is 5.11 Å². The highest BCUT2D eigenvalue weighted by atomic mass is 35.5. The van der Waals surface area contributed by atoms with E-state index in [1.165, 1.54) is 0 Å². The summed E-state index contributed by atoms with van der Waals surface area (Å²) in [6.07, 6.45) is 0.0716. The topological polar surface area (TPSA) is 79.0 Å². The first-order valence-electron chi connectivity index (χ1n) is 10.4. The molecule has 4 aromatic rings. The second kappa shape index (κ2) is 9.60. The van der Waals surface area contributed by atoms with E-state index in [0.29, 0.717) is 16.3 Å². The largest absolute Gasteiger partial charge is 0.491 e. The SMILES string of the molecule is Cc1cc2[nH]c(-c3ccc(NC(=S)NC(=O)c4ccc(OC(C)C)cc4)cc3)nc2cc1Cl. The number of nitrogens with zero attached hydrogens (tertiary/aromatic N) is 1. The van der Waals surface area contributed by atoms with E-state index in [1.54, 1.807) is 24.3 Å². The molecule has 0 atom stereocenters. The van der Waals surface area contributed by atoms with Gasteiger partial charge in [-0.25, -0.2) is 4.98 Å². The molecule has 0 saturated carbocycles. The van der Waals surface area contributed by atoms with Gasteiger partial charge in [-0.3, -0.25) is 10.1 Å². The molecule has 0 bridgehead atoms. The van der Waals surface area contributed by atoms with E-state index >= 15 is 0 Å². The van der Waals surface area contributed by atoms with Crippen molar-refractivity contribution in [2.24, 2.45) is 0 Å². The maximum Gasteiger partial charge on any atom is 0.257 e. The smallest absolute Gasteiger partial charge is 0.257 e. The zero-order chi connectivity index (χ0) is 23.5. The van der Waals surface area contributed by atoms with Crippen LogP contribution in [0, 0.1) is 6.92 Å². The molecule has 1 aromatic heterocycles. The fourth-order valence-corrected chi connectivity index (χ4v) is 3.65. The molecule has 3 N–H and O–H groups in total. The summed E-state index contributed by atoms with van der Waals surface area (Å²) < 4.78 is 5.60. The molecular formula is C25H23ClN4O2S. The predicted octanol–water partition coefficient (Wildman–Crippen LogP) is 6.11. The van der Waals surface area contributed by atoms with E-state index in [0.717, 1.165) is 33.7 Å². The zero-order valence-electron chi connectivity index (χ0n) is 18.4. The number of fused-ring (bicyclic) bond motifs is 1. The number of rotatable bonds is 5. The number of aromatic nitrogens is 2. The Morgan fingerprint density at radius 3 is 2.45 bits per heavy atom. The van der Waals surface area contributed by atoms with Crippen LogP contribution in [0.2, 0.25) is 5.02 Å². The minimum atomic E-state index is -0.295. The van der Waals surface area contributed by atoms with Crippen LogP contribution in [0.3, 0.4) is 0 Å². The highest BCUT2D eigenvalue weighted by molar-refractivity contribution is 7.80. The summed E-state index contributed by atoms with van der Waals surface area (Å²) in [5, 5.41) is 6.62.